The Morgan fingerprint density at radius 3 is 2.62 bits per heavy atom. The minimum absolute atomic E-state index is 0.108. The van der Waals surface area contributed by atoms with E-state index >= 15 is 0 Å². The van der Waals surface area contributed by atoms with Crippen LogP contribution < -0.4 is 0 Å². The fraction of sp³-hybridized carbons (Fsp3) is 0.167. The second kappa shape index (κ2) is 4.03. The third kappa shape index (κ3) is 4.86. The van der Waals surface area contributed by atoms with Gasteiger partial charge < -0.3 is 0 Å². The van der Waals surface area contributed by atoms with Gasteiger partial charge in [-0.25, -0.2) is 0 Å². The Kier molecular flexibility index (Phi) is 3.46. The lowest BCUT2D eigenvalue weighted by Gasteiger charge is -1.65. The molecule has 0 bridgehead atoms. The summed E-state index contributed by atoms with van der Waals surface area (Å²) in [5, 5.41) is 0. The van der Waals surface area contributed by atoms with Crippen LogP contribution in [0.25, 0.3) is 0 Å². The number of carbonyl (C=O) groups excluding carboxylic acids is 2. The Morgan fingerprint density at radius 2 is 2.25 bits per heavy atom. The first-order chi connectivity index (χ1) is 3.77. The summed E-state index contributed by atoms with van der Waals surface area (Å²) in [5.41, 5.74) is 2.37. The first-order valence-corrected chi connectivity index (χ1v) is 2.14. The lowest BCUT2D eigenvalue weighted by molar-refractivity contribution is -0.112. The molecule has 0 N–H and O–H groups in total. The third-order valence-electron chi connectivity index (χ3n) is 0.451. The average molecular weight is 110 g/mol. The van der Waals surface area contributed by atoms with Crippen LogP contribution in [0.4, 0.5) is 0 Å². The van der Waals surface area contributed by atoms with Gasteiger partial charge in [0.2, 0.25) is 0 Å². The van der Waals surface area contributed by atoms with Gasteiger partial charge in [0.05, 0.1) is 0 Å². The predicted molar refractivity (Wildman–Crippen MR) is 29.4 cm³/mol. The smallest absolute Gasteiger partial charge is 0.160 e. The zero-order valence-electron chi connectivity index (χ0n) is 4.55. The lowest BCUT2D eigenvalue weighted by atomic mass is 10.4. The van der Waals surface area contributed by atoms with Crippen molar-refractivity contribution >= 4 is 12.1 Å². The standard InChI is InChI=1S/C6H6O2/c1-6(8)4-2-3-5-7/h3-5H,1H3. The summed E-state index contributed by atoms with van der Waals surface area (Å²) in [5.74, 6) is -0.108. The maximum absolute atomic E-state index is 10.1. The van der Waals surface area contributed by atoms with E-state index in [0.717, 1.165) is 6.08 Å². The summed E-state index contributed by atoms with van der Waals surface area (Å²) >= 11 is 0. The van der Waals surface area contributed by atoms with E-state index < -0.39 is 0 Å². The highest BCUT2D eigenvalue weighted by molar-refractivity contribution is 5.87. The van der Waals surface area contributed by atoms with Crippen LogP contribution >= 0.6 is 0 Å². The number of carbonyl (C=O) groups is 2. The molecule has 8 heavy (non-hydrogen) atoms. The van der Waals surface area contributed by atoms with Gasteiger partial charge in [-0.1, -0.05) is 0 Å². The molecule has 2 heteroatoms. The van der Waals surface area contributed by atoms with Crippen molar-refractivity contribution in [3.8, 4) is 0 Å². The number of rotatable bonds is 2. The van der Waals surface area contributed by atoms with Gasteiger partial charge in [0.15, 0.2) is 12.1 Å². The Morgan fingerprint density at radius 1 is 1.62 bits per heavy atom. The summed E-state index contributed by atoms with van der Waals surface area (Å²) in [7, 11) is 0. The monoisotopic (exact) mass is 110 g/mol. The highest BCUT2D eigenvalue weighted by Crippen LogP contribution is 1.67. The van der Waals surface area contributed by atoms with E-state index in [1.54, 1.807) is 0 Å². The molecule has 0 radical (unpaired) electrons. The van der Waals surface area contributed by atoms with Crippen LogP contribution in [0, 0.1) is 0 Å². The first-order valence-electron chi connectivity index (χ1n) is 2.14. The van der Waals surface area contributed by atoms with E-state index in [2.05, 4.69) is 5.73 Å². The molecule has 42 valence electrons. The topological polar surface area (TPSA) is 34.1 Å². The number of ketones is 1. The van der Waals surface area contributed by atoms with Gasteiger partial charge in [-0.05, 0) is 6.92 Å². The SMILES string of the molecule is CC(=O)C=C=CC=O. The number of hydrogen-bond acceptors (Lipinski definition) is 2. The Balaban J connectivity index is 3.82. The van der Waals surface area contributed by atoms with E-state index in [4.69, 9.17) is 0 Å². The molecule has 0 unspecified atom stereocenters. The molecule has 0 amide bonds. The Bertz CT molecular complexity index is 150. The van der Waals surface area contributed by atoms with Gasteiger partial charge in [-0.2, -0.15) is 0 Å². The highest BCUT2D eigenvalue weighted by Gasteiger charge is 1.74. The van der Waals surface area contributed by atoms with Crippen LogP contribution in [-0.2, 0) is 9.59 Å². The summed E-state index contributed by atoms with van der Waals surface area (Å²) in [6.45, 7) is 1.39. The van der Waals surface area contributed by atoms with Gasteiger partial charge in [0.1, 0.15) is 0 Å². The van der Waals surface area contributed by atoms with Crippen molar-refractivity contribution in [2.75, 3.05) is 0 Å². The molecule has 0 aliphatic heterocycles. The fourth-order valence-electron chi connectivity index (χ4n) is 0.205. The molecule has 0 atom stereocenters. The zero-order chi connectivity index (χ0) is 6.41. The second-order valence-electron chi connectivity index (χ2n) is 1.22. The maximum atomic E-state index is 10.1. The molecule has 0 heterocycles. The second-order valence-corrected chi connectivity index (χ2v) is 1.22. The van der Waals surface area contributed by atoms with E-state index in [0.29, 0.717) is 6.29 Å². The number of hydrogen-bond donors (Lipinski definition) is 0. The van der Waals surface area contributed by atoms with Crippen LogP contribution in [0.2, 0.25) is 0 Å². The molecule has 0 aliphatic rings. The number of allylic oxidation sites excluding steroid dienone is 1. The van der Waals surface area contributed by atoms with Crippen molar-refractivity contribution in [2.24, 2.45) is 0 Å². The minimum atomic E-state index is -0.108. The van der Waals surface area contributed by atoms with Crippen LogP contribution in [0.1, 0.15) is 6.92 Å². The third-order valence-corrected chi connectivity index (χ3v) is 0.451. The molecule has 0 aromatic carbocycles. The first kappa shape index (κ1) is 6.86. The number of aldehydes is 1. The zero-order valence-corrected chi connectivity index (χ0v) is 4.55. The fourth-order valence-corrected chi connectivity index (χ4v) is 0.205. The maximum Gasteiger partial charge on any atom is 0.160 e. The van der Waals surface area contributed by atoms with Gasteiger partial charge in [-0.15, -0.1) is 5.73 Å². The molecular formula is C6H6O2. The Hall–Kier alpha value is -1.14. The molecule has 0 aromatic rings. The molecule has 2 nitrogen and oxygen atoms in total. The van der Waals surface area contributed by atoms with Crippen LogP contribution in [-0.4, -0.2) is 12.1 Å². The molecular weight excluding hydrogens is 104 g/mol. The molecule has 0 aromatic heterocycles. The van der Waals surface area contributed by atoms with Gasteiger partial charge in [0.25, 0.3) is 0 Å². The molecule has 0 spiro atoms. The molecule has 0 fully saturated rings. The molecule has 0 rings (SSSR count). The van der Waals surface area contributed by atoms with Gasteiger partial charge in [0, 0.05) is 12.2 Å². The van der Waals surface area contributed by atoms with Gasteiger partial charge in [-0.3, -0.25) is 9.59 Å². The molecule has 0 aliphatic carbocycles. The normalized spacial score (nSPS) is 6.62. The average Bonchev–Trinajstić information content (AvgIpc) is 1.66. The van der Waals surface area contributed by atoms with E-state index in [1.165, 1.54) is 13.0 Å². The summed E-state index contributed by atoms with van der Waals surface area (Å²) in [4.78, 5) is 19.6. The van der Waals surface area contributed by atoms with Crippen molar-refractivity contribution in [3.05, 3.63) is 17.9 Å². The highest BCUT2D eigenvalue weighted by atomic mass is 16.1. The van der Waals surface area contributed by atoms with Gasteiger partial charge >= 0.3 is 0 Å². The van der Waals surface area contributed by atoms with E-state index in [1.807, 2.05) is 0 Å². The van der Waals surface area contributed by atoms with Crippen molar-refractivity contribution in [3.63, 3.8) is 0 Å². The minimum Gasteiger partial charge on any atom is -0.298 e. The van der Waals surface area contributed by atoms with E-state index in [-0.39, 0.29) is 5.78 Å². The molecule has 0 saturated heterocycles. The largest absolute Gasteiger partial charge is 0.298 e. The van der Waals surface area contributed by atoms with Crippen LogP contribution in [0.15, 0.2) is 17.9 Å². The van der Waals surface area contributed by atoms with Crippen molar-refractivity contribution in [1.82, 2.24) is 0 Å². The van der Waals surface area contributed by atoms with E-state index in [9.17, 15) is 9.59 Å². The van der Waals surface area contributed by atoms with Crippen molar-refractivity contribution < 1.29 is 9.59 Å². The van der Waals surface area contributed by atoms with Crippen LogP contribution in [0.5, 0.6) is 0 Å². The van der Waals surface area contributed by atoms with Crippen LogP contribution in [0.3, 0.4) is 0 Å². The quantitative estimate of drug-likeness (QED) is 0.294. The summed E-state index contributed by atoms with van der Waals surface area (Å²) < 4.78 is 0. The van der Waals surface area contributed by atoms with Crippen molar-refractivity contribution in [1.29, 1.82) is 0 Å². The Labute approximate surface area is 47.5 Å². The van der Waals surface area contributed by atoms with Crippen molar-refractivity contribution in [2.45, 2.75) is 6.92 Å². The molecule has 0 saturated carbocycles. The summed E-state index contributed by atoms with van der Waals surface area (Å²) in [6.07, 6.45) is 2.91. The predicted octanol–water partition coefficient (Wildman–Crippen LogP) is 0.486. The lowest BCUT2D eigenvalue weighted by Crippen LogP contribution is -1.76. The summed E-state index contributed by atoms with van der Waals surface area (Å²) in [6, 6.07) is 0.